The van der Waals surface area contributed by atoms with E-state index in [4.69, 9.17) is 19.9 Å². The zero-order chi connectivity index (χ0) is 13.5. The third-order valence-corrected chi connectivity index (χ3v) is 2.29. The van der Waals surface area contributed by atoms with Gasteiger partial charge in [-0.05, 0) is 0 Å². The Morgan fingerprint density at radius 3 is 2.44 bits per heavy atom. The van der Waals surface area contributed by atoms with E-state index >= 15 is 0 Å². The summed E-state index contributed by atoms with van der Waals surface area (Å²) in [7, 11) is 2.92. The van der Waals surface area contributed by atoms with Crippen LogP contribution in [0.1, 0.15) is 16.8 Å². The van der Waals surface area contributed by atoms with Gasteiger partial charge in [-0.3, -0.25) is 4.39 Å². The molecule has 2 N–H and O–H groups in total. The van der Waals surface area contributed by atoms with Crippen molar-refractivity contribution in [2.45, 2.75) is 6.42 Å². The fourth-order valence-electron chi connectivity index (χ4n) is 1.37. The van der Waals surface area contributed by atoms with Crippen molar-refractivity contribution in [2.75, 3.05) is 33.2 Å². The molecule has 0 saturated carbocycles. The van der Waals surface area contributed by atoms with Crippen LogP contribution in [0, 0.1) is 0 Å². The van der Waals surface area contributed by atoms with E-state index in [2.05, 4.69) is 0 Å². The van der Waals surface area contributed by atoms with Crippen LogP contribution >= 0.6 is 0 Å². The fraction of sp³-hybridized carbons (Fsp3) is 0.417. The lowest BCUT2D eigenvalue weighted by Gasteiger charge is -2.11. The molecule has 0 aliphatic carbocycles. The van der Waals surface area contributed by atoms with E-state index in [-0.39, 0.29) is 24.3 Å². The number of halogens is 1. The summed E-state index contributed by atoms with van der Waals surface area (Å²) in [6.07, 6.45) is 0.166. The summed E-state index contributed by atoms with van der Waals surface area (Å²) < 4.78 is 26.9. The summed E-state index contributed by atoms with van der Waals surface area (Å²) in [6.45, 7) is -0.516. The third kappa shape index (κ3) is 3.26. The highest BCUT2D eigenvalue weighted by Gasteiger charge is 2.16. The predicted molar refractivity (Wildman–Crippen MR) is 64.8 cm³/mol. The number of hydrogen-bond acceptors (Lipinski definition) is 5. The van der Waals surface area contributed by atoms with Crippen LogP contribution in [-0.4, -0.2) is 33.5 Å². The first-order valence-electron chi connectivity index (χ1n) is 5.38. The van der Waals surface area contributed by atoms with E-state index in [9.17, 15) is 9.18 Å². The summed E-state index contributed by atoms with van der Waals surface area (Å²) in [6, 6.07) is 2.91. The van der Waals surface area contributed by atoms with Crippen LogP contribution in [0.25, 0.3) is 0 Å². The van der Waals surface area contributed by atoms with Gasteiger partial charge < -0.3 is 19.9 Å². The molecule has 0 aliphatic heterocycles. The molecule has 0 bridgehead atoms. The van der Waals surface area contributed by atoms with Gasteiger partial charge in [-0.1, -0.05) is 0 Å². The second kappa shape index (κ2) is 6.68. The molecule has 0 heterocycles. The molecule has 0 aromatic heterocycles. The molecule has 0 unspecified atom stereocenters. The van der Waals surface area contributed by atoms with E-state index in [1.807, 2.05) is 0 Å². The molecule has 6 heteroatoms. The Morgan fingerprint density at radius 2 is 1.89 bits per heavy atom. The molecular weight excluding hydrogens is 241 g/mol. The van der Waals surface area contributed by atoms with Crippen molar-refractivity contribution in [1.29, 1.82) is 0 Å². The highest BCUT2D eigenvalue weighted by molar-refractivity contribution is 5.96. The molecule has 1 aromatic carbocycles. The first-order valence-corrected chi connectivity index (χ1v) is 5.38. The summed E-state index contributed by atoms with van der Waals surface area (Å²) in [5.74, 6) is 0.196. The molecule has 1 aromatic rings. The average molecular weight is 257 g/mol. The zero-order valence-corrected chi connectivity index (χ0v) is 10.4. The van der Waals surface area contributed by atoms with Gasteiger partial charge in [0.1, 0.15) is 0 Å². The van der Waals surface area contributed by atoms with Crippen molar-refractivity contribution >= 4 is 11.7 Å². The Balaban J connectivity index is 2.91. The fourth-order valence-corrected chi connectivity index (χ4v) is 1.37. The van der Waals surface area contributed by atoms with Gasteiger partial charge in [0, 0.05) is 18.6 Å². The number of esters is 1. The second-order valence-electron chi connectivity index (χ2n) is 3.47. The molecular formula is C12H16FNO4. The first kappa shape index (κ1) is 14.1. The first-order chi connectivity index (χ1) is 8.63. The number of alkyl halides is 1. The minimum absolute atomic E-state index is 0.0170. The van der Waals surface area contributed by atoms with Crippen molar-refractivity contribution in [3.63, 3.8) is 0 Å². The lowest BCUT2D eigenvalue weighted by molar-refractivity contribution is 0.0495. The molecule has 1 rings (SSSR count). The monoisotopic (exact) mass is 257 g/mol. The molecule has 0 aliphatic rings. The van der Waals surface area contributed by atoms with Crippen LogP contribution < -0.4 is 15.2 Å². The molecule has 5 nitrogen and oxygen atoms in total. The van der Waals surface area contributed by atoms with Crippen molar-refractivity contribution in [2.24, 2.45) is 0 Å². The van der Waals surface area contributed by atoms with Crippen molar-refractivity contribution < 1.29 is 23.4 Å². The van der Waals surface area contributed by atoms with E-state index < -0.39 is 12.6 Å². The van der Waals surface area contributed by atoms with Gasteiger partial charge in [-0.25, -0.2) is 4.79 Å². The van der Waals surface area contributed by atoms with Gasteiger partial charge >= 0.3 is 5.97 Å². The van der Waals surface area contributed by atoms with Crippen LogP contribution in [0.4, 0.5) is 10.1 Å². The highest BCUT2D eigenvalue weighted by Crippen LogP contribution is 2.32. The molecule has 0 atom stereocenters. The molecule has 0 amide bonds. The van der Waals surface area contributed by atoms with Gasteiger partial charge in [0.2, 0.25) is 0 Å². The molecule has 0 spiro atoms. The van der Waals surface area contributed by atoms with Gasteiger partial charge in [0.25, 0.3) is 0 Å². The number of methoxy groups -OCH3 is 2. The molecule has 0 fully saturated rings. The Kier molecular flexibility index (Phi) is 5.23. The molecule has 0 saturated heterocycles. The average Bonchev–Trinajstić information content (AvgIpc) is 2.38. The Hall–Kier alpha value is -1.98. The van der Waals surface area contributed by atoms with Gasteiger partial charge in [-0.15, -0.1) is 0 Å². The van der Waals surface area contributed by atoms with Crippen molar-refractivity contribution in [1.82, 2.24) is 0 Å². The summed E-state index contributed by atoms with van der Waals surface area (Å²) in [5.41, 5.74) is 6.11. The summed E-state index contributed by atoms with van der Waals surface area (Å²) in [4.78, 5) is 11.7. The van der Waals surface area contributed by atoms with Crippen LogP contribution in [0.5, 0.6) is 11.5 Å². The van der Waals surface area contributed by atoms with Crippen molar-refractivity contribution in [3.05, 3.63) is 17.7 Å². The van der Waals surface area contributed by atoms with Crippen LogP contribution in [0.3, 0.4) is 0 Å². The summed E-state index contributed by atoms with van der Waals surface area (Å²) >= 11 is 0. The maximum Gasteiger partial charge on any atom is 0.340 e. The number of nitrogen functional groups attached to an aromatic ring is 1. The Morgan fingerprint density at radius 1 is 1.28 bits per heavy atom. The molecule has 100 valence electrons. The minimum Gasteiger partial charge on any atom is -0.493 e. The predicted octanol–water partition coefficient (Wildman–Crippen LogP) is 1.80. The van der Waals surface area contributed by atoms with Crippen molar-refractivity contribution in [3.8, 4) is 11.5 Å². The number of carbonyl (C=O) groups is 1. The number of hydrogen-bond donors (Lipinski definition) is 1. The quantitative estimate of drug-likeness (QED) is 0.478. The number of rotatable bonds is 6. The van der Waals surface area contributed by atoms with Gasteiger partial charge in [0.15, 0.2) is 11.5 Å². The van der Waals surface area contributed by atoms with Crippen LogP contribution in [-0.2, 0) is 4.74 Å². The Bertz CT molecular complexity index is 423. The number of anilines is 1. The van der Waals surface area contributed by atoms with E-state index in [0.29, 0.717) is 11.5 Å². The second-order valence-corrected chi connectivity index (χ2v) is 3.47. The minimum atomic E-state index is -0.609. The lowest BCUT2D eigenvalue weighted by Crippen LogP contribution is -2.10. The van der Waals surface area contributed by atoms with Gasteiger partial charge in [-0.2, -0.15) is 0 Å². The topological polar surface area (TPSA) is 70.8 Å². The van der Waals surface area contributed by atoms with E-state index in [1.165, 1.54) is 26.4 Å². The number of benzene rings is 1. The molecule has 18 heavy (non-hydrogen) atoms. The zero-order valence-electron chi connectivity index (χ0n) is 10.4. The summed E-state index contributed by atoms with van der Waals surface area (Å²) in [5, 5.41) is 0. The maximum atomic E-state index is 11.9. The number of ether oxygens (including phenoxy) is 3. The lowest BCUT2D eigenvalue weighted by atomic mass is 10.1. The molecule has 0 radical (unpaired) electrons. The smallest absolute Gasteiger partial charge is 0.340 e. The largest absolute Gasteiger partial charge is 0.493 e. The SMILES string of the molecule is COc1cc(N)c(C(=O)OCCCF)cc1OC. The number of carbonyl (C=O) groups excluding carboxylic acids is 1. The third-order valence-electron chi connectivity index (χ3n) is 2.29. The maximum absolute atomic E-state index is 11.9. The number of nitrogens with two attached hydrogens (primary N) is 1. The standard InChI is InChI=1S/C12H16FNO4/c1-16-10-6-8(9(14)7-11(10)17-2)12(15)18-5-3-4-13/h6-7H,3-5,14H2,1-2H3. The van der Waals surface area contributed by atoms with Crippen LogP contribution in [0.2, 0.25) is 0 Å². The van der Waals surface area contributed by atoms with E-state index in [1.54, 1.807) is 0 Å². The highest BCUT2D eigenvalue weighted by atomic mass is 19.1. The van der Waals surface area contributed by atoms with Gasteiger partial charge in [0.05, 0.1) is 38.8 Å². The van der Waals surface area contributed by atoms with Crippen LogP contribution in [0.15, 0.2) is 12.1 Å². The Labute approximate surface area is 105 Å². The normalized spacial score (nSPS) is 9.94. The van der Waals surface area contributed by atoms with E-state index in [0.717, 1.165) is 0 Å².